The molecule has 5 N–H and O–H groups in total. The standard InChI is InChI=1S/C20H21N5O3S/c1-20(19(26)27)4-3-11-15(7-20)29-18-16(11)17(23-9-24-18)25-13-5-10(8-21)12(22)6-14(13)28-2/h5-6,8-9,21H,3-4,7,22H2,1-2H3,(H,26,27)(H,23,24,25)/t20-/m0/s1. The lowest BCUT2D eigenvalue weighted by Gasteiger charge is -2.29. The van der Waals surface area contributed by atoms with Crippen LogP contribution in [-0.4, -0.2) is 34.4 Å². The number of ether oxygens (including phenoxy) is 1. The minimum absolute atomic E-state index is 0.455. The van der Waals surface area contributed by atoms with Crippen LogP contribution >= 0.6 is 11.3 Å². The molecule has 0 aliphatic heterocycles. The summed E-state index contributed by atoms with van der Waals surface area (Å²) >= 11 is 1.52. The highest BCUT2D eigenvalue weighted by Gasteiger charge is 2.39. The molecule has 1 aromatic carbocycles. The molecule has 0 bridgehead atoms. The van der Waals surface area contributed by atoms with E-state index in [1.54, 1.807) is 26.2 Å². The molecule has 0 saturated heterocycles. The van der Waals surface area contributed by atoms with Gasteiger partial charge < -0.3 is 26.3 Å². The smallest absolute Gasteiger partial charge is 0.309 e. The Labute approximate surface area is 171 Å². The SMILES string of the molecule is COc1cc(N)c(C=N)cc1Nc1ncnc2sc3c(c12)CC[C@](C)(C(=O)O)C3. The maximum Gasteiger partial charge on any atom is 0.309 e. The summed E-state index contributed by atoms with van der Waals surface area (Å²) in [6.45, 7) is 1.80. The van der Waals surface area contributed by atoms with Gasteiger partial charge in [0.25, 0.3) is 0 Å². The number of benzene rings is 1. The third-order valence-corrected chi connectivity index (χ3v) is 6.62. The normalized spacial score (nSPS) is 18.3. The molecule has 9 heteroatoms. The van der Waals surface area contributed by atoms with Crippen LogP contribution in [0.2, 0.25) is 0 Å². The number of carbonyl (C=O) groups is 1. The fourth-order valence-electron chi connectivity index (χ4n) is 3.70. The van der Waals surface area contributed by atoms with Gasteiger partial charge in [0, 0.05) is 28.4 Å². The van der Waals surface area contributed by atoms with E-state index in [1.165, 1.54) is 23.9 Å². The van der Waals surface area contributed by atoms with Crippen molar-refractivity contribution < 1.29 is 14.6 Å². The summed E-state index contributed by atoms with van der Waals surface area (Å²) in [5.41, 5.74) is 7.97. The number of carboxylic acids is 1. The molecule has 0 unspecified atom stereocenters. The number of carboxylic acid groups (broad SMARTS) is 1. The van der Waals surface area contributed by atoms with Crippen LogP contribution in [0.3, 0.4) is 0 Å². The first-order valence-corrected chi connectivity index (χ1v) is 9.91. The first kappa shape index (κ1) is 19.1. The summed E-state index contributed by atoms with van der Waals surface area (Å²) in [5, 5.41) is 21.4. The number of rotatable bonds is 5. The molecule has 2 aromatic heterocycles. The van der Waals surface area contributed by atoms with Crippen molar-refractivity contribution in [3.63, 3.8) is 0 Å². The molecule has 8 nitrogen and oxygen atoms in total. The second kappa shape index (κ2) is 7.00. The lowest BCUT2D eigenvalue weighted by atomic mass is 9.75. The quantitative estimate of drug-likeness (QED) is 0.372. The molecule has 0 saturated carbocycles. The molecule has 1 atom stereocenters. The van der Waals surface area contributed by atoms with Crippen molar-refractivity contribution >= 4 is 50.9 Å². The van der Waals surface area contributed by atoms with Crippen LogP contribution in [0.4, 0.5) is 17.2 Å². The summed E-state index contributed by atoms with van der Waals surface area (Å²) < 4.78 is 5.43. The zero-order valence-electron chi connectivity index (χ0n) is 16.1. The zero-order chi connectivity index (χ0) is 20.8. The van der Waals surface area contributed by atoms with Gasteiger partial charge in [-0.1, -0.05) is 0 Å². The maximum absolute atomic E-state index is 11.7. The van der Waals surface area contributed by atoms with E-state index in [9.17, 15) is 9.90 Å². The number of hydrogen-bond donors (Lipinski definition) is 4. The van der Waals surface area contributed by atoms with Crippen molar-refractivity contribution in [2.45, 2.75) is 26.2 Å². The topological polar surface area (TPSA) is 134 Å². The molecule has 0 spiro atoms. The van der Waals surface area contributed by atoms with Crippen LogP contribution in [0.15, 0.2) is 18.5 Å². The van der Waals surface area contributed by atoms with Gasteiger partial charge in [0.15, 0.2) is 0 Å². The summed E-state index contributed by atoms with van der Waals surface area (Å²) in [4.78, 5) is 22.4. The average Bonchev–Trinajstić information content (AvgIpc) is 3.06. The molecule has 1 aliphatic rings. The number of aliphatic carboxylic acids is 1. The van der Waals surface area contributed by atoms with Crippen molar-refractivity contribution in [2.75, 3.05) is 18.2 Å². The molecule has 29 heavy (non-hydrogen) atoms. The van der Waals surface area contributed by atoms with Gasteiger partial charge in [0.1, 0.15) is 22.7 Å². The molecule has 0 radical (unpaired) electrons. The number of thiophene rings is 1. The summed E-state index contributed by atoms with van der Waals surface area (Å²) in [6, 6.07) is 3.41. The fraction of sp³-hybridized carbons (Fsp3) is 0.300. The minimum atomic E-state index is -0.768. The number of fused-ring (bicyclic) bond motifs is 3. The molecule has 3 aromatic rings. The van der Waals surface area contributed by atoms with E-state index in [-0.39, 0.29) is 0 Å². The predicted octanol–water partition coefficient (Wildman–Crippen LogP) is 3.60. The zero-order valence-corrected chi connectivity index (χ0v) is 16.9. The summed E-state index contributed by atoms with van der Waals surface area (Å²) in [7, 11) is 1.55. The van der Waals surface area contributed by atoms with Crippen LogP contribution in [0.5, 0.6) is 5.75 Å². The summed E-state index contributed by atoms with van der Waals surface area (Å²) in [6.07, 6.45) is 4.39. The lowest BCUT2D eigenvalue weighted by Crippen LogP contribution is -2.33. The molecule has 0 amide bonds. The molecule has 1 aliphatic carbocycles. The van der Waals surface area contributed by atoms with Crippen molar-refractivity contribution in [1.29, 1.82) is 5.41 Å². The van der Waals surface area contributed by atoms with E-state index in [4.69, 9.17) is 15.9 Å². The van der Waals surface area contributed by atoms with Crippen molar-refractivity contribution in [1.82, 2.24) is 9.97 Å². The maximum atomic E-state index is 11.7. The second-order valence-corrected chi connectivity index (χ2v) is 8.48. The van der Waals surface area contributed by atoms with Crippen molar-refractivity contribution in [2.24, 2.45) is 5.41 Å². The Morgan fingerprint density at radius 3 is 2.93 bits per heavy atom. The number of hydrogen-bond acceptors (Lipinski definition) is 8. The Bertz CT molecular complexity index is 1140. The number of nitrogens with two attached hydrogens (primary N) is 1. The average molecular weight is 411 g/mol. The third kappa shape index (κ3) is 3.17. The Morgan fingerprint density at radius 1 is 1.45 bits per heavy atom. The highest BCUT2D eigenvalue weighted by Crippen LogP contribution is 2.45. The number of nitrogens with zero attached hydrogens (tertiary/aromatic N) is 2. The first-order valence-electron chi connectivity index (χ1n) is 9.10. The molecule has 4 rings (SSSR count). The number of methoxy groups -OCH3 is 1. The number of nitrogens with one attached hydrogen (secondary N) is 2. The van der Waals surface area contributed by atoms with E-state index >= 15 is 0 Å². The van der Waals surface area contributed by atoms with Crippen LogP contribution < -0.4 is 15.8 Å². The van der Waals surface area contributed by atoms with Gasteiger partial charge in [0.05, 0.1) is 23.6 Å². The van der Waals surface area contributed by atoms with Gasteiger partial charge in [0.2, 0.25) is 0 Å². The molecule has 150 valence electrons. The van der Waals surface area contributed by atoms with Crippen molar-refractivity contribution in [3.05, 3.63) is 34.5 Å². The van der Waals surface area contributed by atoms with Gasteiger partial charge in [-0.2, -0.15) is 0 Å². The number of nitrogen functional groups attached to an aromatic ring is 1. The predicted molar refractivity (Wildman–Crippen MR) is 114 cm³/mol. The third-order valence-electron chi connectivity index (χ3n) is 5.48. The highest BCUT2D eigenvalue weighted by molar-refractivity contribution is 7.19. The van der Waals surface area contributed by atoms with Crippen LogP contribution in [-0.2, 0) is 17.6 Å². The monoisotopic (exact) mass is 411 g/mol. The van der Waals surface area contributed by atoms with Crippen LogP contribution in [0, 0.1) is 10.8 Å². The molecule has 0 fully saturated rings. The van der Waals surface area contributed by atoms with Crippen LogP contribution in [0.1, 0.15) is 29.3 Å². The Balaban J connectivity index is 1.80. The summed E-state index contributed by atoms with van der Waals surface area (Å²) in [5.74, 6) is 0.406. The minimum Gasteiger partial charge on any atom is -0.494 e. The van der Waals surface area contributed by atoms with Gasteiger partial charge in [-0.15, -0.1) is 11.3 Å². The van der Waals surface area contributed by atoms with E-state index in [2.05, 4.69) is 15.3 Å². The lowest BCUT2D eigenvalue weighted by molar-refractivity contribution is -0.148. The van der Waals surface area contributed by atoms with Crippen molar-refractivity contribution in [3.8, 4) is 5.75 Å². The number of aryl methyl sites for hydroxylation is 1. The van der Waals surface area contributed by atoms with E-state index in [0.29, 0.717) is 47.8 Å². The largest absolute Gasteiger partial charge is 0.494 e. The van der Waals surface area contributed by atoms with E-state index < -0.39 is 11.4 Å². The van der Waals surface area contributed by atoms with Gasteiger partial charge in [-0.25, -0.2) is 9.97 Å². The Kier molecular flexibility index (Phi) is 4.62. The fourth-order valence-corrected chi connectivity index (χ4v) is 5.07. The van der Waals surface area contributed by atoms with Crippen LogP contribution in [0.25, 0.3) is 10.2 Å². The molecule has 2 heterocycles. The first-order chi connectivity index (χ1) is 13.9. The van der Waals surface area contributed by atoms with Gasteiger partial charge in [-0.05, 0) is 37.8 Å². The van der Waals surface area contributed by atoms with E-state index in [0.717, 1.165) is 20.7 Å². The Morgan fingerprint density at radius 2 is 2.24 bits per heavy atom. The van der Waals surface area contributed by atoms with Gasteiger partial charge in [-0.3, -0.25) is 4.79 Å². The molecular formula is C20H21N5O3S. The highest BCUT2D eigenvalue weighted by atomic mass is 32.1. The Hall–Kier alpha value is -3.20. The van der Waals surface area contributed by atoms with Gasteiger partial charge >= 0.3 is 5.97 Å². The molecular weight excluding hydrogens is 390 g/mol. The number of anilines is 3. The second-order valence-electron chi connectivity index (χ2n) is 7.40. The number of aromatic nitrogens is 2. The van der Waals surface area contributed by atoms with E-state index in [1.807, 2.05) is 0 Å².